The van der Waals surface area contributed by atoms with Crippen LogP contribution in [0.1, 0.15) is 37.7 Å². The molecule has 0 bridgehead atoms. The number of phosphoric acid groups is 1. The van der Waals surface area contributed by atoms with Crippen LogP contribution < -0.4 is 14.6 Å². The van der Waals surface area contributed by atoms with Crippen molar-refractivity contribution in [3.63, 3.8) is 0 Å². The first kappa shape index (κ1) is 22.5. The van der Waals surface area contributed by atoms with E-state index in [1.807, 2.05) is 0 Å². The van der Waals surface area contributed by atoms with Gasteiger partial charge in [0.05, 0.1) is 11.6 Å². The van der Waals surface area contributed by atoms with Crippen LogP contribution in [0, 0.1) is 5.92 Å². The number of amides is 1. The lowest BCUT2D eigenvalue weighted by Crippen LogP contribution is -2.23. The molecule has 0 heterocycles. The standard InChI is InChI=1S/C21H25ClNO6P/c22-19-13-17(11-12-20(19)27-15-16-7-3-1-4-8-16)14-23-21(24)29-30(25,26)28-18-9-5-2-6-10-18/h2,5-6,9-13,16H,1,3-4,7-8,14-15H2,(H,23,24)(H,25,26). The lowest BCUT2D eigenvalue weighted by molar-refractivity contribution is 0.178. The highest BCUT2D eigenvalue weighted by Crippen LogP contribution is 2.43. The number of hydrogen-bond donors (Lipinski definition) is 2. The van der Waals surface area contributed by atoms with Crippen molar-refractivity contribution in [3.05, 3.63) is 59.1 Å². The minimum atomic E-state index is -4.59. The Bertz CT molecular complexity index is 888. The molecule has 1 fully saturated rings. The highest BCUT2D eigenvalue weighted by atomic mass is 35.5. The van der Waals surface area contributed by atoms with E-state index >= 15 is 0 Å². The Kier molecular flexibility index (Phi) is 8.02. The molecule has 9 heteroatoms. The van der Waals surface area contributed by atoms with Gasteiger partial charge in [0.15, 0.2) is 0 Å². The van der Waals surface area contributed by atoms with Crippen LogP contribution in [-0.4, -0.2) is 17.6 Å². The largest absolute Gasteiger partial charge is 0.588 e. The highest BCUT2D eigenvalue weighted by molar-refractivity contribution is 7.48. The first-order chi connectivity index (χ1) is 14.4. The Hall–Kier alpha value is -2.21. The first-order valence-electron chi connectivity index (χ1n) is 9.87. The number of phosphoric ester groups is 1. The van der Waals surface area contributed by atoms with Crippen molar-refractivity contribution in [3.8, 4) is 11.5 Å². The second-order valence-electron chi connectivity index (χ2n) is 7.19. The molecule has 162 valence electrons. The number of halogens is 1. The second kappa shape index (κ2) is 10.7. The molecule has 3 rings (SSSR count). The van der Waals surface area contributed by atoms with Gasteiger partial charge in [-0.1, -0.05) is 55.1 Å². The number of para-hydroxylation sites is 1. The van der Waals surface area contributed by atoms with Gasteiger partial charge in [-0.25, -0.2) is 9.36 Å². The van der Waals surface area contributed by atoms with Gasteiger partial charge in [-0.2, -0.15) is 0 Å². The fraction of sp³-hybridized carbons (Fsp3) is 0.381. The molecule has 0 aromatic heterocycles. The maximum Gasteiger partial charge on any atom is 0.588 e. The summed E-state index contributed by atoms with van der Waals surface area (Å²) in [5, 5.41) is 2.84. The summed E-state index contributed by atoms with van der Waals surface area (Å²) in [6.07, 6.45) is 5.09. The zero-order valence-electron chi connectivity index (χ0n) is 16.5. The molecule has 0 saturated heterocycles. The van der Waals surface area contributed by atoms with Crippen molar-refractivity contribution < 1.29 is 28.0 Å². The molecule has 30 heavy (non-hydrogen) atoms. The molecule has 1 aliphatic rings. The summed E-state index contributed by atoms with van der Waals surface area (Å²) in [6, 6.07) is 13.1. The molecule has 0 aliphatic heterocycles. The lowest BCUT2D eigenvalue weighted by Gasteiger charge is -2.22. The normalized spacial score (nSPS) is 16.3. The Morgan fingerprint density at radius 3 is 2.57 bits per heavy atom. The molecule has 0 spiro atoms. The third-order valence-corrected chi connectivity index (χ3v) is 5.93. The van der Waals surface area contributed by atoms with Crippen molar-refractivity contribution in [2.75, 3.05) is 6.61 Å². The molecule has 2 aromatic carbocycles. The number of carbonyl (C=O) groups is 1. The van der Waals surface area contributed by atoms with Crippen molar-refractivity contribution in [2.45, 2.75) is 38.6 Å². The number of rotatable bonds is 8. The summed E-state index contributed by atoms with van der Waals surface area (Å²) in [7, 11) is -4.59. The predicted octanol–water partition coefficient (Wildman–Crippen LogP) is 5.70. The Morgan fingerprint density at radius 2 is 1.87 bits per heavy atom. The van der Waals surface area contributed by atoms with Gasteiger partial charge in [0.2, 0.25) is 0 Å². The maximum atomic E-state index is 11.9. The van der Waals surface area contributed by atoms with Gasteiger partial charge in [0, 0.05) is 6.54 Å². The fourth-order valence-electron chi connectivity index (χ4n) is 3.28. The molecule has 1 atom stereocenters. The topological polar surface area (TPSA) is 94.1 Å². The van der Waals surface area contributed by atoms with Crippen LogP contribution in [-0.2, 0) is 15.6 Å². The second-order valence-corrected chi connectivity index (χ2v) is 8.89. The van der Waals surface area contributed by atoms with E-state index < -0.39 is 13.9 Å². The van der Waals surface area contributed by atoms with E-state index in [1.165, 1.54) is 44.2 Å². The molecule has 7 nitrogen and oxygen atoms in total. The Balaban J connectivity index is 1.46. The van der Waals surface area contributed by atoms with Crippen molar-refractivity contribution in [1.29, 1.82) is 0 Å². The molecule has 1 aliphatic carbocycles. The summed E-state index contributed by atoms with van der Waals surface area (Å²) >= 11 is 6.29. The van der Waals surface area contributed by atoms with E-state index in [2.05, 4.69) is 9.84 Å². The third kappa shape index (κ3) is 7.24. The quantitative estimate of drug-likeness (QED) is 0.497. The number of ether oxygens (including phenoxy) is 1. The summed E-state index contributed by atoms with van der Waals surface area (Å²) in [5.41, 5.74) is 0.693. The van der Waals surface area contributed by atoms with Crippen LogP contribution >= 0.6 is 19.4 Å². The van der Waals surface area contributed by atoms with Crippen LogP contribution in [0.5, 0.6) is 11.5 Å². The van der Waals surface area contributed by atoms with Crippen LogP contribution in [0.3, 0.4) is 0 Å². The number of nitrogens with one attached hydrogen (secondary N) is 1. The van der Waals surface area contributed by atoms with Gasteiger partial charge >= 0.3 is 13.9 Å². The van der Waals surface area contributed by atoms with Gasteiger partial charge < -0.3 is 19.1 Å². The average molecular weight is 454 g/mol. The molecule has 2 aromatic rings. The van der Waals surface area contributed by atoms with Gasteiger partial charge in [0.25, 0.3) is 0 Å². The van der Waals surface area contributed by atoms with E-state index in [1.54, 1.807) is 36.4 Å². The molecule has 1 amide bonds. The minimum Gasteiger partial charge on any atom is -0.492 e. The summed E-state index contributed by atoms with van der Waals surface area (Å²) in [5.74, 6) is 1.29. The molecule has 1 unspecified atom stereocenters. The Morgan fingerprint density at radius 1 is 1.13 bits per heavy atom. The van der Waals surface area contributed by atoms with Crippen molar-refractivity contribution >= 4 is 25.5 Å². The van der Waals surface area contributed by atoms with Crippen molar-refractivity contribution in [2.24, 2.45) is 5.92 Å². The Labute approximate surface area is 180 Å². The molecule has 1 saturated carbocycles. The SMILES string of the molecule is O=C(NCc1ccc(OCC2CCCCC2)c(Cl)c1)OP(=O)(O)Oc1ccccc1. The molecular formula is C21H25ClNO6P. The summed E-state index contributed by atoms with van der Waals surface area (Å²) in [6.45, 7) is 0.712. The smallest absolute Gasteiger partial charge is 0.492 e. The zero-order valence-corrected chi connectivity index (χ0v) is 18.1. The molecule has 0 radical (unpaired) electrons. The summed E-state index contributed by atoms with van der Waals surface area (Å²) < 4.78 is 27.1. The van der Waals surface area contributed by atoms with Crippen LogP contribution in [0.15, 0.2) is 48.5 Å². The van der Waals surface area contributed by atoms with Gasteiger partial charge in [-0.05, 0) is 48.6 Å². The van der Waals surface area contributed by atoms with Crippen LogP contribution in [0.2, 0.25) is 5.02 Å². The average Bonchev–Trinajstić information content (AvgIpc) is 2.72. The van der Waals surface area contributed by atoms with E-state index in [9.17, 15) is 14.3 Å². The minimum absolute atomic E-state index is 0.0623. The fourth-order valence-corrected chi connectivity index (χ4v) is 4.23. The van der Waals surface area contributed by atoms with Gasteiger partial charge in [0.1, 0.15) is 11.5 Å². The van der Waals surface area contributed by atoms with E-state index in [-0.39, 0.29) is 12.3 Å². The number of benzene rings is 2. The van der Waals surface area contributed by atoms with Gasteiger partial charge in [-0.3, -0.25) is 4.89 Å². The van der Waals surface area contributed by atoms with Crippen LogP contribution in [0.25, 0.3) is 0 Å². The van der Waals surface area contributed by atoms with Gasteiger partial charge in [-0.15, -0.1) is 0 Å². The third-order valence-electron chi connectivity index (χ3n) is 4.79. The highest BCUT2D eigenvalue weighted by Gasteiger charge is 2.28. The monoisotopic (exact) mass is 453 g/mol. The van der Waals surface area contributed by atoms with Crippen molar-refractivity contribution in [1.82, 2.24) is 5.32 Å². The molecule has 2 N–H and O–H groups in total. The number of hydrogen-bond acceptors (Lipinski definition) is 5. The molecular weight excluding hydrogens is 429 g/mol. The van der Waals surface area contributed by atoms with E-state index in [0.29, 0.717) is 28.9 Å². The maximum absolute atomic E-state index is 11.9. The lowest BCUT2D eigenvalue weighted by atomic mass is 9.90. The van der Waals surface area contributed by atoms with E-state index in [4.69, 9.17) is 20.9 Å². The summed E-state index contributed by atoms with van der Waals surface area (Å²) in [4.78, 5) is 21.5. The zero-order chi connectivity index (χ0) is 21.4. The van der Waals surface area contributed by atoms with Crippen LogP contribution in [0.4, 0.5) is 4.79 Å². The first-order valence-corrected chi connectivity index (χ1v) is 11.7. The number of carbonyl (C=O) groups excluding carboxylic acids is 1. The van der Waals surface area contributed by atoms with E-state index in [0.717, 1.165) is 0 Å². The predicted molar refractivity (Wildman–Crippen MR) is 114 cm³/mol.